The molecule has 2 rings (SSSR count). The fourth-order valence-electron chi connectivity index (χ4n) is 1.44. The van der Waals surface area contributed by atoms with Gasteiger partial charge in [0.15, 0.2) is 0 Å². The first-order valence-corrected chi connectivity index (χ1v) is 6.60. The van der Waals surface area contributed by atoms with E-state index in [4.69, 9.17) is 0 Å². The van der Waals surface area contributed by atoms with E-state index in [0.717, 1.165) is 11.3 Å². The van der Waals surface area contributed by atoms with Crippen molar-refractivity contribution in [2.45, 2.75) is 28.0 Å². The molecule has 0 N–H and O–H groups in total. The lowest BCUT2D eigenvalue weighted by atomic mass is 10.2. The van der Waals surface area contributed by atoms with Crippen LogP contribution < -0.4 is 0 Å². The van der Waals surface area contributed by atoms with Crippen molar-refractivity contribution >= 4 is 24.4 Å². The monoisotopic (exact) mass is 246 g/mol. The predicted molar refractivity (Wildman–Crippen MR) is 73.6 cm³/mol. The highest BCUT2D eigenvalue weighted by atomic mass is 32.2. The summed E-state index contributed by atoms with van der Waals surface area (Å²) < 4.78 is 0. The minimum Gasteiger partial charge on any atom is -0.143 e. The van der Waals surface area contributed by atoms with Crippen molar-refractivity contribution in [1.82, 2.24) is 0 Å². The summed E-state index contributed by atoms with van der Waals surface area (Å²) in [6.45, 7) is 2.17. The van der Waals surface area contributed by atoms with Crippen LogP contribution in [-0.2, 0) is 6.42 Å². The molecule has 0 aliphatic heterocycles. The smallest absolute Gasteiger partial charge is 0.0123 e. The second-order valence-electron chi connectivity index (χ2n) is 3.59. The molecule has 0 saturated heterocycles. The van der Waals surface area contributed by atoms with E-state index in [2.05, 4.69) is 56.0 Å². The summed E-state index contributed by atoms with van der Waals surface area (Å²) >= 11 is 6.06. The summed E-state index contributed by atoms with van der Waals surface area (Å²) in [5, 5.41) is 0. The van der Waals surface area contributed by atoms with E-state index in [-0.39, 0.29) is 0 Å². The molecule has 0 nitrogen and oxygen atoms in total. The lowest BCUT2D eigenvalue weighted by molar-refractivity contribution is 1.13. The number of rotatable bonds is 3. The van der Waals surface area contributed by atoms with Gasteiger partial charge in [-0.2, -0.15) is 0 Å². The molecular weight excluding hydrogens is 232 g/mol. The lowest BCUT2D eigenvalue weighted by Gasteiger charge is -2.03. The zero-order chi connectivity index (χ0) is 11.4. The van der Waals surface area contributed by atoms with E-state index < -0.39 is 0 Å². The molecule has 82 valence electrons. The topological polar surface area (TPSA) is 0 Å². The highest BCUT2D eigenvalue weighted by Crippen LogP contribution is 2.28. The summed E-state index contributed by atoms with van der Waals surface area (Å²) in [4.78, 5) is 3.54. The molecule has 0 aliphatic carbocycles. The van der Waals surface area contributed by atoms with Gasteiger partial charge >= 0.3 is 0 Å². The highest BCUT2D eigenvalue weighted by Gasteiger charge is 1.97. The summed E-state index contributed by atoms with van der Waals surface area (Å²) in [6.07, 6.45) is 1.10. The third kappa shape index (κ3) is 3.06. The molecule has 0 bridgehead atoms. The Morgan fingerprint density at radius 3 is 1.88 bits per heavy atom. The van der Waals surface area contributed by atoms with Gasteiger partial charge < -0.3 is 0 Å². The molecule has 0 atom stereocenters. The van der Waals surface area contributed by atoms with Crippen LogP contribution in [0.4, 0.5) is 0 Å². The van der Waals surface area contributed by atoms with E-state index in [9.17, 15) is 0 Å². The molecule has 0 radical (unpaired) electrons. The quantitative estimate of drug-likeness (QED) is 0.767. The molecule has 0 unspecified atom stereocenters. The molecule has 0 heterocycles. The molecule has 0 fully saturated rings. The number of thiol groups is 1. The first-order chi connectivity index (χ1) is 7.78. The van der Waals surface area contributed by atoms with Crippen molar-refractivity contribution in [1.29, 1.82) is 0 Å². The summed E-state index contributed by atoms with van der Waals surface area (Å²) in [5.41, 5.74) is 1.38. The second-order valence-corrected chi connectivity index (χ2v) is 5.26. The van der Waals surface area contributed by atoms with E-state index in [1.165, 1.54) is 15.4 Å². The average Bonchev–Trinajstić information content (AvgIpc) is 2.33. The van der Waals surface area contributed by atoms with Crippen LogP contribution >= 0.6 is 24.4 Å². The molecule has 0 amide bonds. The number of hydrogen-bond donors (Lipinski definition) is 1. The third-order valence-electron chi connectivity index (χ3n) is 2.40. The zero-order valence-electron chi connectivity index (χ0n) is 9.18. The van der Waals surface area contributed by atoms with Crippen molar-refractivity contribution in [3.63, 3.8) is 0 Å². The Morgan fingerprint density at radius 2 is 1.38 bits per heavy atom. The molecule has 0 saturated carbocycles. The van der Waals surface area contributed by atoms with Gasteiger partial charge in [0, 0.05) is 14.7 Å². The van der Waals surface area contributed by atoms with Crippen LogP contribution in [0.1, 0.15) is 12.5 Å². The summed E-state index contributed by atoms with van der Waals surface area (Å²) in [7, 11) is 0. The summed E-state index contributed by atoms with van der Waals surface area (Å²) in [6, 6.07) is 17.0. The van der Waals surface area contributed by atoms with Crippen LogP contribution in [0, 0.1) is 0 Å². The maximum Gasteiger partial charge on any atom is 0.0123 e. The van der Waals surface area contributed by atoms with E-state index in [1.807, 2.05) is 12.1 Å². The van der Waals surface area contributed by atoms with Gasteiger partial charge in [0.05, 0.1) is 0 Å². The van der Waals surface area contributed by atoms with Crippen LogP contribution in [0.25, 0.3) is 0 Å². The predicted octanol–water partition coefficient (Wildman–Crippen LogP) is 4.69. The van der Waals surface area contributed by atoms with E-state index in [1.54, 1.807) is 11.8 Å². The fourth-order valence-corrected chi connectivity index (χ4v) is 2.41. The van der Waals surface area contributed by atoms with Gasteiger partial charge in [-0.3, -0.25) is 0 Å². The van der Waals surface area contributed by atoms with E-state index in [0.29, 0.717) is 0 Å². The zero-order valence-corrected chi connectivity index (χ0v) is 10.9. The first kappa shape index (κ1) is 11.6. The van der Waals surface area contributed by atoms with Crippen molar-refractivity contribution in [3.05, 3.63) is 54.1 Å². The van der Waals surface area contributed by atoms with Crippen LogP contribution in [0.3, 0.4) is 0 Å². The van der Waals surface area contributed by atoms with Gasteiger partial charge in [0.2, 0.25) is 0 Å². The Balaban J connectivity index is 2.11. The maximum atomic E-state index is 4.27. The van der Waals surface area contributed by atoms with Gasteiger partial charge in [-0.1, -0.05) is 30.8 Å². The first-order valence-electron chi connectivity index (χ1n) is 5.34. The third-order valence-corrected chi connectivity index (χ3v) is 3.72. The van der Waals surface area contributed by atoms with Crippen LogP contribution in [-0.4, -0.2) is 0 Å². The molecule has 0 aromatic heterocycles. The van der Waals surface area contributed by atoms with Crippen LogP contribution in [0.15, 0.2) is 63.2 Å². The Labute approximate surface area is 106 Å². The van der Waals surface area contributed by atoms with Crippen molar-refractivity contribution in [3.8, 4) is 0 Å². The average molecular weight is 246 g/mol. The van der Waals surface area contributed by atoms with Gasteiger partial charge in [0.1, 0.15) is 0 Å². The Morgan fingerprint density at radius 1 is 0.875 bits per heavy atom. The van der Waals surface area contributed by atoms with Gasteiger partial charge in [0.25, 0.3) is 0 Å². The maximum absolute atomic E-state index is 4.27. The number of aryl methyl sites for hydroxylation is 1. The van der Waals surface area contributed by atoms with Crippen molar-refractivity contribution in [2.75, 3.05) is 0 Å². The molecule has 0 spiro atoms. The molecule has 2 heteroatoms. The minimum atomic E-state index is 1.01. The molecule has 2 aromatic carbocycles. The SMILES string of the molecule is CCc1ccc(Sc2ccc(S)cc2)cc1. The van der Waals surface area contributed by atoms with Crippen LogP contribution in [0.5, 0.6) is 0 Å². The normalized spacial score (nSPS) is 10.4. The molecule has 16 heavy (non-hydrogen) atoms. The Hall–Kier alpha value is -0.860. The summed E-state index contributed by atoms with van der Waals surface area (Å²) in [5.74, 6) is 0. The van der Waals surface area contributed by atoms with E-state index >= 15 is 0 Å². The molecule has 2 aromatic rings. The Bertz CT molecular complexity index is 443. The van der Waals surface area contributed by atoms with Crippen LogP contribution in [0.2, 0.25) is 0 Å². The van der Waals surface area contributed by atoms with Crippen molar-refractivity contribution in [2.24, 2.45) is 0 Å². The highest BCUT2D eigenvalue weighted by molar-refractivity contribution is 7.99. The number of hydrogen-bond acceptors (Lipinski definition) is 2. The van der Waals surface area contributed by atoms with Gasteiger partial charge in [-0.05, 0) is 48.4 Å². The van der Waals surface area contributed by atoms with Gasteiger partial charge in [-0.15, -0.1) is 12.6 Å². The minimum absolute atomic E-state index is 1.01. The largest absolute Gasteiger partial charge is 0.143 e. The standard InChI is InChI=1S/C14H14S2/c1-2-11-3-7-13(8-4-11)16-14-9-5-12(15)6-10-14/h3-10,15H,2H2,1H3. The second kappa shape index (κ2) is 5.46. The van der Waals surface area contributed by atoms with Gasteiger partial charge in [-0.25, -0.2) is 0 Å². The fraction of sp³-hybridized carbons (Fsp3) is 0.143. The molecular formula is C14H14S2. The Kier molecular flexibility index (Phi) is 3.97. The number of benzene rings is 2. The lowest BCUT2D eigenvalue weighted by Crippen LogP contribution is -1.79. The molecule has 0 aliphatic rings. The van der Waals surface area contributed by atoms with Crippen molar-refractivity contribution < 1.29 is 0 Å².